The molecule has 28 heavy (non-hydrogen) atoms. The van der Waals surface area contributed by atoms with E-state index < -0.39 is 16.4 Å². The fourth-order valence-electron chi connectivity index (χ4n) is 2.73. The summed E-state index contributed by atoms with van der Waals surface area (Å²) in [5.74, 6) is -0.0462. The van der Waals surface area contributed by atoms with E-state index in [1.165, 1.54) is 28.8 Å². The van der Waals surface area contributed by atoms with Gasteiger partial charge in [-0.2, -0.15) is 0 Å². The molecule has 3 rings (SSSR count). The number of hydrogen-bond acceptors (Lipinski definition) is 5. The maximum Gasteiger partial charge on any atom is 0.292 e. The number of amides is 1. The van der Waals surface area contributed by atoms with Crippen LogP contribution in [0.4, 0.5) is 11.4 Å². The van der Waals surface area contributed by atoms with Crippen molar-refractivity contribution in [1.82, 2.24) is 4.57 Å². The van der Waals surface area contributed by atoms with Crippen molar-refractivity contribution in [3.63, 3.8) is 0 Å². The van der Waals surface area contributed by atoms with Crippen LogP contribution in [0.5, 0.6) is 5.75 Å². The van der Waals surface area contributed by atoms with E-state index in [4.69, 9.17) is 4.74 Å². The van der Waals surface area contributed by atoms with Crippen LogP contribution in [-0.4, -0.2) is 22.5 Å². The Bertz CT molecular complexity index is 1090. The molecule has 0 radical (unpaired) electrons. The fraction of sp³-hybridized carbons (Fsp3) is 0.100. The van der Waals surface area contributed by atoms with Crippen LogP contribution in [0.25, 0.3) is 0 Å². The van der Waals surface area contributed by atoms with Crippen LogP contribution in [0.15, 0.2) is 71.7 Å². The molecule has 0 bridgehead atoms. The molecule has 8 nitrogen and oxygen atoms in total. The topological polar surface area (TPSA) is 103 Å². The van der Waals surface area contributed by atoms with Gasteiger partial charge in [0.25, 0.3) is 17.2 Å². The van der Waals surface area contributed by atoms with Crippen molar-refractivity contribution in [2.45, 2.75) is 6.54 Å². The zero-order valence-electron chi connectivity index (χ0n) is 15.0. The second-order valence-corrected chi connectivity index (χ2v) is 5.93. The lowest BCUT2D eigenvalue weighted by Gasteiger charge is -2.10. The second kappa shape index (κ2) is 8.17. The first-order valence-electron chi connectivity index (χ1n) is 8.37. The number of carbonyl (C=O) groups excluding carboxylic acids is 1. The zero-order chi connectivity index (χ0) is 20.1. The summed E-state index contributed by atoms with van der Waals surface area (Å²) >= 11 is 0. The number of methoxy groups -OCH3 is 1. The number of carbonyl (C=O) groups is 1. The van der Waals surface area contributed by atoms with Gasteiger partial charge in [-0.05, 0) is 35.9 Å². The molecule has 1 heterocycles. The van der Waals surface area contributed by atoms with Gasteiger partial charge in [-0.3, -0.25) is 19.7 Å². The zero-order valence-corrected chi connectivity index (χ0v) is 15.0. The lowest BCUT2D eigenvalue weighted by molar-refractivity contribution is -0.383. The molecule has 0 saturated heterocycles. The van der Waals surface area contributed by atoms with Crippen LogP contribution in [0, 0.1) is 10.1 Å². The summed E-state index contributed by atoms with van der Waals surface area (Å²) < 4.78 is 6.57. The molecule has 0 aliphatic carbocycles. The van der Waals surface area contributed by atoms with Crippen LogP contribution in [0.3, 0.4) is 0 Å². The van der Waals surface area contributed by atoms with E-state index in [9.17, 15) is 19.7 Å². The first kappa shape index (κ1) is 18.8. The number of para-hydroxylation sites is 2. The van der Waals surface area contributed by atoms with E-state index in [1.807, 2.05) is 12.1 Å². The molecule has 0 saturated carbocycles. The molecule has 142 valence electrons. The SMILES string of the molecule is COc1cccc(Cn2cccc(C(=O)Nc3ccccc3[N+](=O)[O-])c2=O)c1. The average Bonchev–Trinajstić information content (AvgIpc) is 2.70. The van der Waals surface area contributed by atoms with E-state index in [0.717, 1.165) is 5.56 Å². The Morgan fingerprint density at radius 3 is 2.68 bits per heavy atom. The first-order chi connectivity index (χ1) is 13.5. The summed E-state index contributed by atoms with van der Waals surface area (Å²) in [6, 6.07) is 16.0. The van der Waals surface area contributed by atoms with Gasteiger partial charge in [-0.25, -0.2) is 0 Å². The molecule has 1 N–H and O–H groups in total. The largest absolute Gasteiger partial charge is 0.497 e. The van der Waals surface area contributed by atoms with E-state index in [-0.39, 0.29) is 23.5 Å². The van der Waals surface area contributed by atoms with E-state index in [0.29, 0.717) is 5.75 Å². The molecule has 0 aliphatic heterocycles. The van der Waals surface area contributed by atoms with Crippen LogP contribution in [-0.2, 0) is 6.54 Å². The van der Waals surface area contributed by atoms with Crippen LogP contribution in [0.2, 0.25) is 0 Å². The molecule has 3 aromatic rings. The number of nitrogens with zero attached hydrogens (tertiary/aromatic N) is 2. The fourth-order valence-corrected chi connectivity index (χ4v) is 2.73. The normalized spacial score (nSPS) is 10.3. The van der Waals surface area contributed by atoms with Gasteiger partial charge in [0.05, 0.1) is 18.6 Å². The molecule has 0 fully saturated rings. The molecule has 8 heteroatoms. The van der Waals surface area contributed by atoms with Gasteiger partial charge in [-0.1, -0.05) is 24.3 Å². The van der Waals surface area contributed by atoms with E-state index >= 15 is 0 Å². The number of nitro benzene ring substituents is 1. The van der Waals surface area contributed by atoms with Gasteiger partial charge < -0.3 is 14.6 Å². The van der Waals surface area contributed by atoms with Gasteiger partial charge in [0.15, 0.2) is 0 Å². The lowest BCUT2D eigenvalue weighted by atomic mass is 10.2. The Kier molecular flexibility index (Phi) is 5.50. The summed E-state index contributed by atoms with van der Waals surface area (Å²) in [6.45, 7) is 0.253. The maximum absolute atomic E-state index is 12.7. The number of nitro groups is 1. The number of ether oxygens (including phenoxy) is 1. The minimum Gasteiger partial charge on any atom is -0.497 e. The average molecular weight is 379 g/mol. The van der Waals surface area contributed by atoms with Crippen LogP contribution in [0.1, 0.15) is 15.9 Å². The molecule has 0 atom stereocenters. The monoisotopic (exact) mass is 379 g/mol. The quantitative estimate of drug-likeness (QED) is 0.524. The number of pyridine rings is 1. The smallest absolute Gasteiger partial charge is 0.292 e. The minimum absolute atomic E-state index is 0.0279. The summed E-state index contributed by atoms with van der Waals surface area (Å²) in [5, 5.41) is 13.5. The maximum atomic E-state index is 12.7. The predicted octanol–water partition coefficient (Wildman–Crippen LogP) is 3.07. The third-order valence-electron chi connectivity index (χ3n) is 4.10. The van der Waals surface area contributed by atoms with E-state index in [1.54, 1.807) is 37.6 Å². The van der Waals surface area contributed by atoms with Gasteiger partial charge in [0.1, 0.15) is 17.0 Å². The van der Waals surface area contributed by atoms with Gasteiger partial charge in [-0.15, -0.1) is 0 Å². The highest BCUT2D eigenvalue weighted by atomic mass is 16.6. The number of aromatic nitrogens is 1. The third kappa shape index (κ3) is 4.07. The summed E-state index contributed by atoms with van der Waals surface area (Å²) in [4.78, 5) is 35.8. The Morgan fingerprint density at radius 1 is 1.14 bits per heavy atom. The Hall–Kier alpha value is -3.94. The summed E-state index contributed by atoms with van der Waals surface area (Å²) in [5.41, 5.74) is 0.00578. The Labute approximate surface area is 160 Å². The minimum atomic E-state index is -0.709. The molecule has 2 aromatic carbocycles. The van der Waals surface area contributed by atoms with Gasteiger partial charge >= 0.3 is 0 Å². The standard InChI is InChI=1S/C20H17N3O5/c1-28-15-7-4-6-14(12-15)13-22-11-5-8-16(20(22)25)19(24)21-17-9-2-3-10-18(17)23(26)27/h2-12H,13H2,1H3,(H,21,24). The molecular formula is C20H17N3O5. The number of nitrogens with one attached hydrogen (secondary N) is 1. The molecule has 0 spiro atoms. The van der Waals surface area contributed by atoms with Gasteiger partial charge in [0, 0.05) is 12.3 Å². The molecule has 1 amide bonds. The molecule has 0 aliphatic rings. The van der Waals surface area contributed by atoms with Crippen LogP contribution < -0.4 is 15.6 Å². The first-order valence-corrected chi connectivity index (χ1v) is 8.37. The van der Waals surface area contributed by atoms with Crippen molar-refractivity contribution < 1.29 is 14.5 Å². The number of anilines is 1. The second-order valence-electron chi connectivity index (χ2n) is 5.93. The van der Waals surface area contributed by atoms with Crippen molar-refractivity contribution in [3.8, 4) is 5.75 Å². The Morgan fingerprint density at radius 2 is 1.93 bits per heavy atom. The highest BCUT2D eigenvalue weighted by Crippen LogP contribution is 2.23. The van der Waals surface area contributed by atoms with E-state index in [2.05, 4.69) is 5.32 Å². The van der Waals surface area contributed by atoms with Crippen molar-refractivity contribution >= 4 is 17.3 Å². The number of hydrogen-bond donors (Lipinski definition) is 1. The third-order valence-corrected chi connectivity index (χ3v) is 4.10. The number of benzene rings is 2. The van der Waals surface area contributed by atoms with Crippen LogP contribution >= 0.6 is 0 Å². The number of rotatable bonds is 6. The molecule has 1 aromatic heterocycles. The molecular weight excluding hydrogens is 362 g/mol. The predicted molar refractivity (Wildman–Crippen MR) is 104 cm³/mol. The van der Waals surface area contributed by atoms with Crippen molar-refractivity contribution in [2.75, 3.05) is 12.4 Å². The highest BCUT2D eigenvalue weighted by molar-refractivity contribution is 6.05. The lowest BCUT2D eigenvalue weighted by Crippen LogP contribution is -2.29. The van der Waals surface area contributed by atoms with Gasteiger partial charge in [0.2, 0.25) is 0 Å². The van der Waals surface area contributed by atoms with Crippen molar-refractivity contribution in [2.24, 2.45) is 0 Å². The summed E-state index contributed by atoms with van der Waals surface area (Å²) in [6.07, 6.45) is 1.57. The summed E-state index contributed by atoms with van der Waals surface area (Å²) in [7, 11) is 1.55. The molecule has 0 unspecified atom stereocenters. The van der Waals surface area contributed by atoms with Crippen molar-refractivity contribution in [3.05, 3.63) is 98.5 Å². The van der Waals surface area contributed by atoms with Crippen molar-refractivity contribution in [1.29, 1.82) is 0 Å². The highest BCUT2D eigenvalue weighted by Gasteiger charge is 2.18. The Balaban J connectivity index is 1.87.